The van der Waals surface area contributed by atoms with Crippen molar-refractivity contribution >= 4 is 23.8 Å². The molecule has 0 spiro atoms. The number of carbonyl (C=O) groups is 1. The molecule has 0 unspecified atom stereocenters. The maximum absolute atomic E-state index is 11.0. The van der Waals surface area contributed by atoms with E-state index in [0.717, 1.165) is 11.3 Å². The highest BCUT2D eigenvalue weighted by atomic mass is 32.2. The molecule has 2 N–H and O–H groups in total. The summed E-state index contributed by atoms with van der Waals surface area (Å²) in [5.74, 6) is 0.0731. The minimum absolute atomic E-state index is 0.460. The van der Waals surface area contributed by atoms with Gasteiger partial charge < -0.3 is 10.4 Å². The summed E-state index contributed by atoms with van der Waals surface area (Å²) in [4.78, 5) is 11.0. The number of carboxylic acids is 1. The first-order valence-electron chi connectivity index (χ1n) is 5.90. The Hall–Kier alpha value is -1.26. The fourth-order valence-electron chi connectivity index (χ4n) is 1.52. The number of hydrogen-bond acceptors (Lipinski definition) is 3. The van der Waals surface area contributed by atoms with E-state index in [1.807, 2.05) is 48.7 Å². The lowest BCUT2D eigenvalue weighted by molar-refractivity contribution is -0.139. The number of rotatable bonds is 8. The topological polar surface area (TPSA) is 49.3 Å². The molecule has 0 fully saturated rings. The lowest BCUT2D eigenvalue weighted by Gasteiger charge is -2.11. The highest BCUT2D eigenvalue weighted by molar-refractivity contribution is 7.98. The molecule has 0 aliphatic rings. The molecule has 0 aliphatic carbocycles. The van der Waals surface area contributed by atoms with E-state index < -0.39 is 12.0 Å². The van der Waals surface area contributed by atoms with Crippen LogP contribution in [0.1, 0.15) is 12.0 Å². The van der Waals surface area contributed by atoms with Gasteiger partial charge in [0.1, 0.15) is 6.04 Å². The van der Waals surface area contributed by atoms with Gasteiger partial charge in [0.25, 0.3) is 0 Å². The fourth-order valence-corrected chi connectivity index (χ4v) is 1.99. The van der Waals surface area contributed by atoms with Crippen LogP contribution in [0.2, 0.25) is 0 Å². The molecule has 1 aromatic rings. The molecule has 0 aliphatic heterocycles. The number of thioether (sulfide) groups is 1. The first-order valence-corrected chi connectivity index (χ1v) is 7.30. The zero-order valence-electron chi connectivity index (χ0n) is 10.5. The molecule has 98 valence electrons. The van der Waals surface area contributed by atoms with Crippen molar-refractivity contribution in [1.29, 1.82) is 0 Å². The maximum Gasteiger partial charge on any atom is 0.320 e. The van der Waals surface area contributed by atoms with Crippen LogP contribution in [0.3, 0.4) is 0 Å². The van der Waals surface area contributed by atoms with Gasteiger partial charge >= 0.3 is 5.97 Å². The lowest BCUT2D eigenvalue weighted by atomic mass is 10.2. The van der Waals surface area contributed by atoms with E-state index in [2.05, 4.69) is 5.32 Å². The van der Waals surface area contributed by atoms with Crippen molar-refractivity contribution in [3.05, 3.63) is 42.0 Å². The molecule has 0 radical (unpaired) electrons. The summed E-state index contributed by atoms with van der Waals surface area (Å²) in [7, 11) is 0. The molecule has 0 saturated heterocycles. The predicted octanol–water partition coefficient (Wildman–Crippen LogP) is 2.50. The first-order chi connectivity index (χ1) is 8.74. The van der Waals surface area contributed by atoms with Crippen LogP contribution >= 0.6 is 11.8 Å². The van der Waals surface area contributed by atoms with E-state index in [1.54, 1.807) is 11.8 Å². The highest BCUT2D eigenvalue weighted by Crippen LogP contribution is 2.02. The van der Waals surface area contributed by atoms with Gasteiger partial charge in [-0.05, 0) is 24.0 Å². The van der Waals surface area contributed by atoms with Gasteiger partial charge in [-0.1, -0.05) is 42.5 Å². The van der Waals surface area contributed by atoms with Gasteiger partial charge in [0.05, 0.1) is 0 Å². The largest absolute Gasteiger partial charge is 0.480 e. The molecule has 1 rings (SSSR count). The Morgan fingerprint density at radius 1 is 1.44 bits per heavy atom. The average molecular weight is 265 g/mol. The van der Waals surface area contributed by atoms with Crippen molar-refractivity contribution in [3.8, 4) is 0 Å². The first kappa shape index (κ1) is 14.8. The predicted molar refractivity (Wildman–Crippen MR) is 77.9 cm³/mol. The molecule has 4 heteroatoms. The minimum Gasteiger partial charge on any atom is -0.480 e. The quantitative estimate of drug-likeness (QED) is 0.758. The Bertz CT molecular complexity index is 379. The van der Waals surface area contributed by atoms with Crippen LogP contribution < -0.4 is 5.32 Å². The van der Waals surface area contributed by atoms with E-state index in [1.165, 1.54) is 0 Å². The third-order valence-electron chi connectivity index (χ3n) is 2.50. The molecule has 0 aromatic heterocycles. The summed E-state index contributed by atoms with van der Waals surface area (Å²) in [6.07, 6.45) is 6.56. The second-order valence-corrected chi connectivity index (χ2v) is 4.88. The van der Waals surface area contributed by atoms with Gasteiger partial charge in [-0.3, -0.25) is 4.79 Å². The summed E-state index contributed by atoms with van der Waals surface area (Å²) in [6, 6.07) is 9.49. The molecule has 0 saturated carbocycles. The highest BCUT2D eigenvalue weighted by Gasteiger charge is 2.14. The van der Waals surface area contributed by atoms with Gasteiger partial charge in [-0.2, -0.15) is 11.8 Å². The number of nitrogens with one attached hydrogen (secondary N) is 1. The smallest absolute Gasteiger partial charge is 0.320 e. The monoisotopic (exact) mass is 265 g/mol. The van der Waals surface area contributed by atoms with Crippen LogP contribution in [0.4, 0.5) is 0 Å². The SMILES string of the molecule is CSCC[C@@H](NC/C=C\c1ccccc1)C(=O)O. The Morgan fingerprint density at radius 3 is 2.78 bits per heavy atom. The van der Waals surface area contributed by atoms with Gasteiger partial charge in [-0.15, -0.1) is 0 Å². The summed E-state index contributed by atoms with van der Waals surface area (Å²) in [5, 5.41) is 12.0. The molecule has 0 amide bonds. The van der Waals surface area contributed by atoms with Crippen molar-refractivity contribution in [3.63, 3.8) is 0 Å². The molecule has 18 heavy (non-hydrogen) atoms. The van der Waals surface area contributed by atoms with Crippen LogP contribution in [0, 0.1) is 0 Å². The zero-order chi connectivity index (χ0) is 13.2. The van der Waals surface area contributed by atoms with Crippen LogP contribution in [-0.4, -0.2) is 35.7 Å². The lowest BCUT2D eigenvalue weighted by Crippen LogP contribution is -2.37. The second kappa shape index (κ2) is 8.78. The molecule has 0 bridgehead atoms. The van der Waals surface area contributed by atoms with Crippen LogP contribution in [-0.2, 0) is 4.79 Å². The molecule has 0 heterocycles. The van der Waals surface area contributed by atoms with Crippen molar-refractivity contribution < 1.29 is 9.90 Å². The van der Waals surface area contributed by atoms with Crippen LogP contribution in [0.5, 0.6) is 0 Å². The summed E-state index contributed by atoms with van der Waals surface area (Å²) in [6.45, 7) is 0.570. The Kier molecular flexibility index (Phi) is 7.22. The van der Waals surface area contributed by atoms with Crippen LogP contribution in [0.25, 0.3) is 6.08 Å². The fraction of sp³-hybridized carbons (Fsp3) is 0.357. The Balaban J connectivity index is 2.34. The normalized spacial score (nSPS) is 12.7. The molecular weight excluding hydrogens is 246 g/mol. The third-order valence-corrected chi connectivity index (χ3v) is 3.14. The summed E-state index contributed by atoms with van der Waals surface area (Å²) < 4.78 is 0. The number of aliphatic carboxylic acids is 1. The average Bonchev–Trinajstić information content (AvgIpc) is 2.38. The maximum atomic E-state index is 11.0. The molecular formula is C14H19NO2S. The van der Waals surface area contributed by atoms with E-state index in [9.17, 15) is 4.79 Å². The molecule has 1 atom stereocenters. The van der Waals surface area contributed by atoms with Crippen molar-refractivity contribution in [2.75, 3.05) is 18.6 Å². The van der Waals surface area contributed by atoms with Crippen LogP contribution in [0.15, 0.2) is 36.4 Å². The van der Waals surface area contributed by atoms with Gasteiger partial charge in [0, 0.05) is 6.54 Å². The van der Waals surface area contributed by atoms with E-state index in [4.69, 9.17) is 5.11 Å². The second-order valence-electron chi connectivity index (χ2n) is 3.89. The van der Waals surface area contributed by atoms with Gasteiger partial charge in [0.2, 0.25) is 0 Å². The molecule has 1 aromatic carbocycles. The van der Waals surface area contributed by atoms with Crippen molar-refractivity contribution in [2.24, 2.45) is 0 Å². The number of hydrogen-bond donors (Lipinski definition) is 2. The number of carboxylic acid groups (broad SMARTS) is 1. The standard InChI is InChI=1S/C14H19NO2S/c1-18-11-9-13(14(16)17)15-10-5-8-12-6-3-2-4-7-12/h2-8,13,15H,9-11H2,1H3,(H,16,17)/b8-5-/t13-/m1/s1. The van der Waals surface area contributed by atoms with Crippen molar-refractivity contribution in [2.45, 2.75) is 12.5 Å². The van der Waals surface area contributed by atoms with Crippen molar-refractivity contribution in [1.82, 2.24) is 5.32 Å². The van der Waals surface area contributed by atoms with E-state index >= 15 is 0 Å². The van der Waals surface area contributed by atoms with E-state index in [0.29, 0.717) is 13.0 Å². The summed E-state index contributed by atoms with van der Waals surface area (Å²) >= 11 is 1.66. The van der Waals surface area contributed by atoms with Gasteiger partial charge in [-0.25, -0.2) is 0 Å². The Labute approximate surface area is 112 Å². The molecule has 3 nitrogen and oxygen atoms in total. The summed E-state index contributed by atoms with van der Waals surface area (Å²) in [5.41, 5.74) is 1.12. The number of benzene rings is 1. The minimum atomic E-state index is -0.780. The van der Waals surface area contributed by atoms with E-state index in [-0.39, 0.29) is 0 Å². The van der Waals surface area contributed by atoms with Gasteiger partial charge in [0.15, 0.2) is 0 Å². The Morgan fingerprint density at radius 2 is 2.17 bits per heavy atom. The zero-order valence-corrected chi connectivity index (χ0v) is 11.3. The third kappa shape index (κ3) is 5.89.